The lowest BCUT2D eigenvalue weighted by Gasteiger charge is -2.13. The number of aromatic nitrogens is 2. The second-order valence-electron chi connectivity index (χ2n) is 11.5. The van der Waals surface area contributed by atoms with Crippen LogP contribution < -0.4 is 0 Å². The van der Waals surface area contributed by atoms with Crippen molar-refractivity contribution >= 4 is 10.9 Å². The Bertz CT molecular complexity index is 2240. The Morgan fingerprint density at radius 1 is 0.304 bits per heavy atom. The lowest BCUT2D eigenvalue weighted by molar-refractivity contribution is 1.33. The van der Waals surface area contributed by atoms with Gasteiger partial charge in [0.25, 0.3) is 0 Å². The van der Waals surface area contributed by atoms with Gasteiger partial charge in [-0.2, -0.15) is 0 Å². The average Bonchev–Trinajstić information content (AvgIpc) is 3.15. The fourth-order valence-electron chi connectivity index (χ4n) is 6.13. The van der Waals surface area contributed by atoms with Gasteiger partial charge in [-0.1, -0.05) is 140 Å². The predicted molar refractivity (Wildman–Crippen MR) is 192 cm³/mol. The Balaban J connectivity index is 1.22. The van der Waals surface area contributed by atoms with E-state index in [1.54, 1.807) is 0 Å². The summed E-state index contributed by atoms with van der Waals surface area (Å²) in [6.45, 7) is 0. The second-order valence-corrected chi connectivity index (χ2v) is 11.5. The molecule has 8 rings (SSSR count). The number of nitrogens with zero attached hydrogens (tertiary/aromatic N) is 2. The van der Waals surface area contributed by atoms with Crippen LogP contribution in [0.15, 0.2) is 182 Å². The molecular formula is C44H30N2. The topological polar surface area (TPSA) is 25.8 Å². The van der Waals surface area contributed by atoms with E-state index in [9.17, 15) is 0 Å². The van der Waals surface area contributed by atoms with Crippen molar-refractivity contribution in [1.82, 2.24) is 9.97 Å². The number of rotatable bonds is 6. The standard InChI is InChI=1S/C44H30N2/c1-3-7-31(8-4-1)33-11-13-36(14-12-33)40-23-24-43-42(29-40)41(38-19-15-35(16-20-38)37-25-27-45-28-26-37)30-44(46-43)39-21-17-34(18-22-39)32-9-5-2-6-10-32/h1-30H. The average molecular weight is 587 g/mol. The third kappa shape index (κ3) is 5.49. The Kier molecular flexibility index (Phi) is 7.22. The molecule has 0 unspecified atom stereocenters. The fraction of sp³-hybridized carbons (Fsp3) is 0. The van der Waals surface area contributed by atoms with Gasteiger partial charge in [0.1, 0.15) is 0 Å². The molecule has 6 aromatic carbocycles. The van der Waals surface area contributed by atoms with Crippen LogP contribution in [0.3, 0.4) is 0 Å². The van der Waals surface area contributed by atoms with Crippen LogP contribution in [-0.2, 0) is 0 Å². The van der Waals surface area contributed by atoms with Crippen LogP contribution in [0.1, 0.15) is 0 Å². The van der Waals surface area contributed by atoms with E-state index >= 15 is 0 Å². The van der Waals surface area contributed by atoms with Crippen molar-refractivity contribution < 1.29 is 0 Å². The van der Waals surface area contributed by atoms with Crippen molar-refractivity contribution in [3.63, 3.8) is 0 Å². The van der Waals surface area contributed by atoms with Crippen LogP contribution in [0, 0.1) is 0 Å². The lowest BCUT2D eigenvalue weighted by atomic mass is 9.93. The molecule has 2 heteroatoms. The van der Waals surface area contributed by atoms with Crippen molar-refractivity contribution in [2.45, 2.75) is 0 Å². The highest BCUT2D eigenvalue weighted by molar-refractivity contribution is 5.99. The molecule has 2 nitrogen and oxygen atoms in total. The molecule has 0 N–H and O–H groups in total. The summed E-state index contributed by atoms with van der Waals surface area (Å²) in [6, 6.07) is 60.3. The highest BCUT2D eigenvalue weighted by atomic mass is 14.7. The minimum absolute atomic E-state index is 0.959. The number of hydrogen-bond acceptors (Lipinski definition) is 2. The van der Waals surface area contributed by atoms with Gasteiger partial charge in [-0.05, 0) is 86.0 Å². The van der Waals surface area contributed by atoms with Gasteiger partial charge < -0.3 is 0 Å². The number of benzene rings is 6. The summed E-state index contributed by atoms with van der Waals surface area (Å²) in [5.41, 5.74) is 14.9. The summed E-state index contributed by atoms with van der Waals surface area (Å²) in [5, 5.41) is 1.13. The molecule has 0 saturated carbocycles. The highest BCUT2D eigenvalue weighted by Gasteiger charge is 2.13. The number of hydrogen-bond donors (Lipinski definition) is 0. The molecule has 0 spiro atoms. The van der Waals surface area contributed by atoms with Crippen LogP contribution in [0.25, 0.3) is 77.8 Å². The Labute approximate surface area is 269 Å². The lowest BCUT2D eigenvalue weighted by Crippen LogP contribution is -1.91. The first-order valence-electron chi connectivity index (χ1n) is 15.6. The molecule has 216 valence electrons. The van der Waals surface area contributed by atoms with E-state index in [-0.39, 0.29) is 0 Å². The third-order valence-electron chi connectivity index (χ3n) is 8.63. The van der Waals surface area contributed by atoms with E-state index in [1.807, 2.05) is 30.6 Å². The molecule has 0 aliphatic heterocycles. The Morgan fingerprint density at radius 2 is 0.717 bits per heavy atom. The molecule has 0 aliphatic rings. The second kappa shape index (κ2) is 12.1. The van der Waals surface area contributed by atoms with Gasteiger partial charge in [0.05, 0.1) is 11.2 Å². The first-order valence-corrected chi connectivity index (χ1v) is 15.6. The zero-order valence-electron chi connectivity index (χ0n) is 25.2. The fourth-order valence-corrected chi connectivity index (χ4v) is 6.13. The van der Waals surface area contributed by atoms with Gasteiger partial charge in [-0.3, -0.25) is 4.98 Å². The van der Waals surface area contributed by atoms with Gasteiger partial charge in [-0.25, -0.2) is 4.98 Å². The van der Waals surface area contributed by atoms with Crippen molar-refractivity contribution in [3.05, 3.63) is 182 Å². The van der Waals surface area contributed by atoms with Crippen LogP contribution >= 0.6 is 0 Å². The summed E-state index contributed by atoms with van der Waals surface area (Å²) in [7, 11) is 0. The van der Waals surface area contributed by atoms with E-state index in [2.05, 4.69) is 157 Å². The zero-order valence-corrected chi connectivity index (χ0v) is 25.2. The summed E-state index contributed by atoms with van der Waals surface area (Å²) in [6.07, 6.45) is 3.67. The summed E-state index contributed by atoms with van der Waals surface area (Å²) >= 11 is 0. The summed E-state index contributed by atoms with van der Waals surface area (Å²) in [5.74, 6) is 0. The van der Waals surface area contributed by atoms with E-state index in [0.717, 1.165) is 38.9 Å². The largest absolute Gasteiger partial charge is 0.265 e. The van der Waals surface area contributed by atoms with Gasteiger partial charge in [-0.15, -0.1) is 0 Å². The van der Waals surface area contributed by atoms with Crippen LogP contribution in [0.5, 0.6) is 0 Å². The number of pyridine rings is 2. The molecule has 0 aliphatic carbocycles. The van der Waals surface area contributed by atoms with E-state index < -0.39 is 0 Å². The maximum absolute atomic E-state index is 5.18. The molecule has 0 atom stereocenters. The highest BCUT2D eigenvalue weighted by Crippen LogP contribution is 2.36. The van der Waals surface area contributed by atoms with Crippen molar-refractivity contribution in [3.8, 4) is 66.9 Å². The van der Waals surface area contributed by atoms with Gasteiger partial charge in [0.15, 0.2) is 0 Å². The van der Waals surface area contributed by atoms with E-state index in [1.165, 1.54) is 38.9 Å². The normalized spacial score (nSPS) is 11.0. The molecule has 0 fully saturated rings. The minimum atomic E-state index is 0.959. The van der Waals surface area contributed by atoms with Crippen LogP contribution in [-0.4, -0.2) is 9.97 Å². The van der Waals surface area contributed by atoms with Crippen molar-refractivity contribution in [2.24, 2.45) is 0 Å². The monoisotopic (exact) mass is 586 g/mol. The molecule has 0 saturated heterocycles. The number of fused-ring (bicyclic) bond motifs is 1. The molecule has 46 heavy (non-hydrogen) atoms. The quantitative estimate of drug-likeness (QED) is 0.194. The first-order chi connectivity index (χ1) is 22.8. The third-order valence-corrected chi connectivity index (χ3v) is 8.63. The zero-order chi connectivity index (χ0) is 30.7. The van der Waals surface area contributed by atoms with E-state index in [0.29, 0.717) is 0 Å². The van der Waals surface area contributed by atoms with Crippen molar-refractivity contribution in [1.29, 1.82) is 0 Å². The van der Waals surface area contributed by atoms with Crippen molar-refractivity contribution in [2.75, 3.05) is 0 Å². The van der Waals surface area contributed by atoms with Gasteiger partial charge in [0.2, 0.25) is 0 Å². The van der Waals surface area contributed by atoms with Crippen LogP contribution in [0.4, 0.5) is 0 Å². The Morgan fingerprint density at radius 3 is 1.26 bits per heavy atom. The minimum Gasteiger partial charge on any atom is -0.265 e. The first kappa shape index (κ1) is 27.4. The molecule has 2 heterocycles. The molecule has 0 bridgehead atoms. The summed E-state index contributed by atoms with van der Waals surface area (Å²) in [4.78, 5) is 9.36. The molecule has 8 aromatic rings. The SMILES string of the molecule is c1ccc(-c2ccc(-c3ccc4nc(-c5ccc(-c6ccccc6)cc5)cc(-c5ccc(-c6ccncc6)cc5)c4c3)cc2)cc1. The summed E-state index contributed by atoms with van der Waals surface area (Å²) < 4.78 is 0. The molecule has 0 radical (unpaired) electrons. The van der Waals surface area contributed by atoms with Gasteiger partial charge in [0, 0.05) is 23.3 Å². The Hall–Kier alpha value is -6.12. The van der Waals surface area contributed by atoms with E-state index in [4.69, 9.17) is 4.98 Å². The van der Waals surface area contributed by atoms with Crippen LogP contribution in [0.2, 0.25) is 0 Å². The molecule has 0 amide bonds. The maximum atomic E-state index is 5.18. The van der Waals surface area contributed by atoms with Gasteiger partial charge >= 0.3 is 0 Å². The maximum Gasteiger partial charge on any atom is 0.0716 e. The smallest absolute Gasteiger partial charge is 0.0716 e. The molecular weight excluding hydrogens is 556 g/mol. The predicted octanol–water partition coefficient (Wildman–Crippen LogP) is 11.6. The molecule has 2 aromatic heterocycles.